The number of nitrogens with one attached hydrogen (secondary N) is 1. The van der Waals surface area contributed by atoms with E-state index in [2.05, 4.69) is 18.7 Å². The van der Waals surface area contributed by atoms with Crippen LogP contribution in [-0.2, 0) is 14.4 Å². The molecule has 0 heterocycles. The minimum Gasteiger partial charge on any atom is -0.378 e. The van der Waals surface area contributed by atoms with Gasteiger partial charge in [0.05, 0.1) is 19.1 Å². The third-order valence-corrected chi connectivity index (χ3v) is 1.68. The zero-order valence-corrected chi connectivity index (χ0v) is 9.08. The van der Waals surface area contributed by atoms with Crippen LogP contribution in [-0.4, -0.2) is 18.7 Å². The first-order valence-electron chi connectivity index (χ1n) is 4.83. The molecule has 5 heteroatoms. The second kappa shape index (κ2) is 7.73. The molecule has 0 amide bonds. The first-order chi connectivity index (χ1) is 6.56. The third kappa shape index (κ3) is 7.97. The van der Waals surface area contributed by atoms with Crippen molar-refractivity contribution in [2.45, 2.75) is 39.7 Å². The molecular weight excluding hydrogens is 184 g/mol. The van der Waals surface area contributed by atoms with Crippen LogP contribution in [0.2, 0.25) is 0 Å². The van der Waals surface area contributed by atoms with Gasteiger partial charge < -0.3 is 9.57 Å². The van der Waals surface area contributed by atoms with Crippen molar-refractivity contribution >= 4 is 5.97 Å². The lowest BCUT2D eigenvalue weighted by molar-refractivity contribution is -0.152. The van der Waals surface area contributed by atoms with E-state index < -0.39 is 5.97 Å². The van der Waals surface area contributed by atoms with Crippen molar-refractivity contribution in [2.75, 3.05) is 6.61 Å². The second-order valence-corrected chi connectivity index (χ2v) is 3.65. The van der Waals surface area contributed by atoms with Gasteiger partial charge in [0.25, 0.3) is 0 Å². The van der Waals surface area contributed by atoms with E-state index in [0.29, 0.717) is 12.5 Å². The molecule has 0 aromatic carbocycles. The summed E-state index contributed by atoms with van der Waals surface area (Å²) in [6.07, 6.45) is 1.38. The van der Waals surface area contributed by atoms with E-state index in [1.165, 1.54) is 0 Å². The van der Waals surface area contributed by atoms with Gasteiger partial charge in [-0.15, -0.1) is 0 Å². The number of rotatable bonds is 7. The average molecular weight is 204 g/mol. The Hall–Kier alpha value is -0.650. The van der Waals surface area contributed by atoms with Gasteiger partial charge in [-0.05, 0) is 19.3 Å². The van der Waals surface area contributed by atoms with Crippen LogP contribution in [0.15, 0.2) is 0 Å². The van der Waals surface area contributed by atoms with E-state index in [4.69, 9.17) is 10.6 Å². The van der Waals surface area contributed by atoms with Crippen molar-refractivity contribution in [2.24, 2.45) is 11.8 Å². The van der Waals surface area contributed by atoms with Gasteiger partial charge in [0, 0.05) is 0 Å². The van der Waals surface area contributed by atoms with Gasteiger partial charge in [0.15, 0.2) is 0 Å². The zero-order chi connectivity index (χ0) is 11.0. The SMILES string of the molecule is CC(C)CC(C)OCCC(=O)ONN. The van der Waals surface area contributed by atoms with Crippen LogP contribution in [0.4, 0.5) is 0 Å². The molecule has 0 aliphatic rings. The second-order valence-electron chi connectivity index (χ2n) is 3.65. The van der Waals surface area contributed by atoms with Crippen molar-refractivity contribution in [3.8, 4) is 0 Å². The summed E-state index contributed by atoms with van der Waals surface area (Å²) in [7, 11) is 0. The predicted octanol–water partition coefficient (Wildman–Crippen LogP) is 0.749. The highest BCUT2D eigenvalue weighted by molar-refractivity contribution is 5.69. The first kappa shape index (κ1) is 13.4. The van der Waals surface area contributed by atoms with Crippen molar-refractivity contribution in [1.29, 1.82) is 0 Å². The summed E-state index contributed by atoms with van der Waals surface area (Å²) >= 11 is 0. The van der Waals surface area contributed by atoms with Crippen molar-refractivity contribution in [3.05, 3.63) is 0 Å². The summed E-state index contributed by atoms with van der Waals surface area (Å²) in [6, 6.07) is 0. The fourth-order valence-corrected chi connectivity index (χ4v) is 1.19. The lowest BCUT2D eigenvalue weighted by atomic mass is 10.1. The molecule has 1 atom stereocenters. The summed E-state index contributed by atoms with van der Waals surface area (Å²) in [4.78, 5) is 15.1. The van der Waals surface area contributed by atoms with Crippen LogP contribution < -0.4 is 11.4 Å². The van der Waals surface area contributed by atoms with Crippen LogP contribution >= 0.6 is 0 Å². The molecule has 1 unspecified atom stereocenters. The van der Waals surface area contributed by atoms with Gasteiger partial charge in [-0.25, -0.2) is 5.84 Å². The summed E-state index contributed by atoms with van der Waals surface area (Å²) in [5.74, 6) is 4.98. The fraction of sp³-hybridized carbons (Fsp3) is 0.889. The highest BCUT2D eigenvalue weighted by atomic mass is 16.7. The molecule has 84 valence electrons. The van der Waals surface area contributed by atoms with E-state index in [0.717, 1.165) is 6.42 Å². The van der Waals surface area contributed by atoms with Crippen LogP contribution in [0.25, 0.3) is 0 Å². The summed E-state index contributed by atoms with van der Waals surface area (Å²) in [6.45, 7) is 6.62. The van der Waals surface area contributed by atoms with Crippen LogP contribution in [0, 0.1) is 5.92 Å². The predicted molar refractivity (Wildman–Crippen MR) is 52.9 cm³/mol. The van der Waals surface area contributed by atoms with E-state index in [-0.39, 0.29) is 12.5 Å². The lowest BCUT2D eigenvalue weighted by Gasteiger charge is -2.14. The minimum atomic E-state index is -0.413. The van der Waals surface area contributed by atoms with Gasteiger partial charge >= 0.3 is 5.97 Å². The molecule has 0 aromatic heterocycles. The lowest BCUT2D eigenvalue weighted by Crippen LogP contribution is -2.27. The molecular formula is C9H20N2O3. The Morgan fingerprint density at radius 3 is 2.57 bits per heavy atom. The summed E-state index contributed by atoms with van der Waals surface area (Å²) in [5, 5.41) is 0. The normalized spacial score (nSPS) is 12.9. The van der Waals surface area contributed by atoms with E-state index in [1.54, 1.807) is 0 Å². The number of carbonyl (C=O) groups is 1. The minimum absolute atomic E-state index is 0.175. The van der Waals surface area contributed by atoms with Crippen molar-refractivity contribution in [3.63, 3.8) is 0 Å². The molecule has 0 fully saturated rings. The molecule has 5 nitrogen and oxygen atoms in total. The molecule has 14 heavy (non-hydrogen) atoms. The Morgan fingerprint density at radius 2 is 2.07 bits per heavy atom. The molecule has 0 aliphatic carbocycles. The maximum atomic E-state index is 10.8. The molecule has 0 saturated heterocycles. The molecule has 0 aromatic rings. The van der Waals surface area contributed by atoms with Crippen LogP contribution in [0.1, 0.15) is 33.6 Å². The van der Waals surface area contributed by atoms with Gasteiger partial charge in [0.2, 0.25) is 0 Å². The average Bonchev–Trinajstić information content (AvgIpc) is 2.02. The Kier molecular flexibility index (Phi) is 7.37. The summed E-state index contributed by atoms with van der Waals surface area (Å²) < 4.78 is 5.40. The summed E-state index contributed by atoms with van der Waals surface area (Å²) in [5.41, 5.74) is 1.83. The topological polar surface area (TPSA) is 73.6 Å². The first-order valence-corrected chi connectivity index (χ1v) is 4.83. The largest absolute Gasteiger partial charge is 0.378 e. The molecule has 3 N–H and O–H groups in total. The Bertz CT molecular complexity index is 162. The molecule has 0 bridgehead atoms. The molecule has 0 spiro atoms. The number of hydrogen-bond acceptors (Lipinski definition) is 5. The molecule has 0 aliphatic heterocycles. The van der Waals surface area contributed by atoms with Crippen LogP contribution in [0.5, 0.6) is 0 Å². The number of hydrogen-bond donors (Lipinski definition) is 2. The van der Waals surface area contributed by atoms with Gasteiger partial charge in [0.1, 0.15) is 0 Å². The maximum Gasteiger partial charge on any atom is 0.328 e. The number of hydrazine groups is 1. The van der Waals surface area contributed by atoms with Crippen LogP contribution in [0.3, 0.4) is 0 Å². The number of nitrogens with two attached hydrogens (primary N) is 1. The number of ether oxygens (including phenoxy) is 1. The third-order valence-electron chi connectivity index (χ3n) is 1.68. The van der Waals surface area contributed by atoms with E-state index >= 15 is 0 Å². The highest BCUT2D eigenvalue weighted by Gasteiger charge is 2.07. The van der Waals surface area contributed by atoms with E-state index in [9.17, 15) is 4.79 Å². The Labute approximate surface area is 84.9 Å². The van der Waals surface area contributed by atoms with Gasteiger partial charge in [-0.1, -0.05) is 19.4 Å². The molecule has 0 saturated carbocycles. The molecule has 0 radical (unpaired) electrons. The number of carbonyl (C=O) groups excluding carboxylic acids is 1. The van der Waals surface area contributed by atoms with Crippen molar-refractivity contribution < 1.29 is 14.4 Å². The Morgan fingerprint density at radius 1 is 1.43 bits per heavy atom. The standard InChI is InChI=1S/C9H20N2O3/c1-7(2)6-8(3)13-5-4-9(12)14-11-10/h7-8,11H,4-6,10H2,1-3H3. The fourth-order valence-electron chi connectivity index (χ4n) is 1.19. The smallest absolute Gasteiger partial charge is 0.328 e. The zero-order valence-electron chi connectivity index (χ0n) is 9.08. The molecule has 0 rings (SSSR count). The quantitative estimate of drug-likeness (QED) is 0.473. The Balaban J connectivity index is 3.39. The monoisotopic (exact) mass is 204 g/mol. The van der Waals surface area contributed by atoms with E-state index in [1.807, 2.05) is 12.5 Å². The maximum absolute atomic E-state index is 10.8. The highest BCUT2D eigenvalue weighted by Crippen LogP contribution is 2.07. The van der Waals surface area contributed by atoms with Gasteiger partial charge in [-0.2, -0.15) is 0 Å². The van der Waals surface area contributed by atoms with Gasteiger partial charge in [-0.3, -0.25) is 4.79 Å². The van der Waals surface area contributed by atoms with Crippen molar-refractivity contribution in [1.82, 2.24) is 5.59 Å².